The van der Waals surface area contributed by atoms with E-state index in [1.54, 1.807) is 0 Å². The Hall–Kier alpha value is -0.330. The fourth-order valence-electron chi connectivity index (χ4n) is 8.34. The zero-order valence-corrected chi connectivity index (χ0v) is 16.4. The van der Waals surface area contributed by atoms with Crippen molar-refractivity contribution in [2.75, 3.05) is 0 Å². The second-order valence-electron chi connectivity index (χ2n) is 10.7. The summed E-state index contributed by atoms with van der Waals surface area (Å²) < 4.78 is 0. The van der Waals surface area contributed by atoms with Gasteiger partial charge in [-0.05, 0) is 98.7 Å². The lowest BCUT2D eigenvalue weighted by molar-refractivity contribution is -0.155. The van der Waals surface area contributed by atoms with Crippen molar-refractivity contribution in [3.63, 3.8) is 0 Å². The molecule has 8 atom stereocenters. The van der Waals surface area contributed by atoms with E-state index in [9.17, 15) is 4.79 Å². The van der Waals surface area contributed by atoms with Crippen LogP contribution in [0.25, 0.3) is 0 Å². The molecule has 1 heteroatoms. The van der Waals surface area contributed by atoms with Gasteiger partial charge in [0, 0.05) is 5.92 Å². The molecule has 136 valence electrons. The number of hydrogen-bond donors (Lipinski definition) is 0. The van der Waals surface area contributed by atoms with Gasteiger partial charge in [-0.15, -0.1) is 0 Å². The van der Waals surface area contributed by atoms with E-state index in [4.69, 9.17) is 0 Å². The molecule has 4 rings (SSSR count). The monoisotopic (exact) mass is 330 g/mol. The molecule has 4 aliphatic carbocycles. The summed E-state index contributed by atoms with van der Waals surface area (Å²) in [5.74, 6) is 5.47. The van der Waals surface area contributed by atoms with Gasteiger partial charge in [-0.1, -0.05) is 33.6 Å². The van der Waals surface area contributed by atoms with E-state index in [1.807, 2.05) is 6.92 Å². The minimum absolute atomic E-state index is 0.316. The molecule has 0 aromatic rings. The van der Waals surface area contributed by atoms with Gasteiger partial charge < -0.3 is 0 Å². The Kier molecular flexibility index (Phi) is 4.17. The smallest absolute Gasteiger partial charge is 0.133 e. The van der Waals surface area contributed by atoms with E-state index in [0.29, 0.717) is 22.5 Å². The third kappa shape index (κ3) is 2.36. The van der Waals surface area contributed by atoms with Crippen molar-refractivity contribution in [2.45, 2.75) is 91.9 Å². The fourth-order valence-corrected chi connectivity index (χ4v) is 8.34. The van der Waals surface area contributed by atoms with Gasteiger partial charge >= 0.3 is 0 Å². The molecule has 1 nitrogen and oxygen atoms in total. The zero-order chi connectivity index (χ0) is 17.1. The van der Waals surface area contributed by atoms with Crippen molar-refractivity contribution in [3.05, 3.63) is 0 Å². The molecule has 0 N–H and O–H groups in total. The van der Waals surface area contributed by atoms with Crippen molar-refractivity contribution in [1.82, 2.24) is 0 Å². The van der Waals surface area contributed by atoms with Gasteiger partial charge in [-0.3, -0.25) is 4.79 Å². The molecule has 0 unspecified atom stereocenters. The first-order valence-corrected chi connectivity index (χ1v) is 10.9. The Morgan fingerprint density at radius 1 is 0.875 bits per heavy atom. The van der Waals surface area contributed by atoms with Gasteiger partial charge in [0.2, 0.25) is 0 Å². The van der Waals surface area contributed by atoms with Gasteiger partial charge in [0.1, 0.15) is 5.78 Å². The van der Waals surface area contributed by atoms with Gasteiger partial charge in [0.25, 0.3) is 0 Å². The number of ketones is 1. The van der Waals surface area contributed by atoms with Crippen LogP contribution < -0.4 is 0 Å². The molecule has 0 aromatic heterocycles. The van der Waals surface area contributed by atoms with Crippen LogP contribution in [0.4, 0.5) is 0 Å². The van der Waals surface area contributed by atoms with Crippen molar-refractivity contribution in [1.29, 1.82) is 0 Å². The maximum Gasteiger partial charge on any atom is 0.133 e. The van der Waals surface area contributed by atoms with Gasteiger partial charge in [-0.2, -0.15) is 0 Å². The Balaban J connectivity index is 1.63. The quantitative estimate of drug-likeness (QED) is 0.554. The second-order valence-corrected chi connectivity index (χ2v) is 10.7. The molecule has 0 saturated heterocycles. The second kappa shape index (κ2) is 5.85. The molecule has 0 aliphatic heterocycles. The number of rotatable bonds is 1. The Morgan fingerprint density at radius 2 is 1.58 bits per heavy atom. The van der Waals surface area contributed by atoms with Crippen LogP contribution in [0.5, 0.6) is 0 Å². The largest absolute Gasteiger partial charge is 0.300 e. The number of carbonyl (C=O) groups is 1. The summed E-state index contributed by atoms with van der Waals surface area (Å²) in [5.41, 5.74) is 0.927. The van der Waals surface area contributed by atoms with Crippen LogP contribution in [0.1, 0.15) is 91.9 Å². The van der Waals surface area contributed by atoms with Crippen LogP contribution in [0.2, 0.25) is 0 Å². The minimum Gasteiger partial charge on any atom is -0.300 e. The standard InChI is InChI=1S/C23H38O/c1-15-10-12-22(3)17(14-15)8-9-18-20-7-5-6-19(16(2)24)23(20,4)13-11-21(18)22/h15,17-21H,5-14H2,1-4H3/t15-,17+,18+,19+,20+,21+,22+,23-/m1/s1. The van der Waals surface area contributed by atoms with Crippen molar-refractivity contribution in [3.8, 4) is 0 Å². The average Bonchev–Trinajstić information content (AvgIpc) is 2.54. The molecule has 0 bridgehead atoms. The number of Topliss-reactive ketones (excluding diaryl/α,β-unsaturated/α-hetero) is 1. The first kappa shape index (κ1) is 17.1. The van der Waals surface area contributed by atoms with E-state index < -0.39 is 0 Å². The predicted octanol–water partition coefficient (Wildman–Crippen LogP) is 6.26. The number of carbonyl (C=O) groups excluding carboxylic acids is 1. The maximum absolute atomic E-state index is 12.3. The van der Waals surface area contributed by atoms with Gasteiger partial charge in [0.05, 0.1) is 0 Å². The molecule has 4 fully saturated rings. The molecule has 0 spiro atoms. The van der Waals surface area contributed by atoms with Crippen LogP contribution in [0.15, 0.2) is 0 Å². The molecule has 24 heavy (non-hydrogen) atoms. The summed E-state index contributed by atoms with van der Waals surface area (Å²) in [6, 6.07) is 0. The Labute approximate surface area is 149 Å². The minimum atomic E-state index is 0.316. The SMILES string of the molecule is CC(=O)[C@@H]1CCC[C@H]2[C@@H]3CC[C@H]4C[C@H](C)CC[C@]4(C)[C@H]3CC[C@]12C. The fraction of sp³-hybridized carbons (Fsp3) is 0.957. The zero-order valence-electron chi connectivity index (χ0n) is 16.4. The molecule has 4 saturated carbocycles. The summed E-state index contributed by atoms with van der Waals surface area (Å²) in [7, 11) is 0. The van der Waals surface area contributed by atoms with Gasteiger partial charge in [0.15, 0.2) is 0 Å². The van der Waals surface area contributed by atoms with E-state index in [2.05, 4.69) is 20.8 Å². The third-order valence-electron chi connectivity index (χ3n) is 9.66. The average molecular weight is 331 g/mol. The summed E-state index contributed by atoms with van der Waals surface area (Å²) in [5, 5.41) is 0. The number of fused-ring (bicyclic) bond motifs is 5. The highest BCUT2D eigenvalue weighted by Gasteiger charge is 2.59. The lowest BCUT2D eigenvalue weighted by atomic mass is 9.41. The molecular weight excluding hydrogens is 292 g/mol. The molecule has 0 aromatic carbocycles. The van der Waals surface area contributed by atoms with Crippen LogP contribution in [-0.2, 0) is 4.79 Å². The summed E-state index contributed by atoms with van der Waals surface area (Å²) in [6.07, 6.45) is 13.9. The highest BCUT2D eigenvalue weighted by molar-refractivity contribution is 5.79. The highest BCUT2D eigenvalue weighted by atomic mass is 16.1. The summed E-state index contributed by atoms with van der Waals surface area (Å²) in [6.45, 7) is 9.50. The predicted molar refractivity (Wildman–Crippen MR) is 99.7 cm³/mol. The van der Waals surface area contributed by atoms with Gasteiger partial charge in [-0.25, -0.2) is 0 Å². The Morgan fingerprint density at radius 3 is 2.33 bits per heavy atom. The third-order valence-corrected chi connectivity index (χ3v) is 9.66. The summed E-state index contributed by atoms with van der Waals surface area (Å²) >= 11 is 0. The molecular formula is C23H38O. The lowest BCUT2D eigenvalue weighted by Crippen LogP contribution is -2.56. The van der Waals surface area contributed by atoms with Crippen molar-refractivity contribution < 1.29 is 4.79 Å². The van der Waals surface area contributed by atoms with E-state index >= 15 is 0 Å². The first-order chi connectivity index (χ1) is 11.4. The molecule has 0 amide bonds. The Bertz CT molecular complexity index is 510. The first-order valence-electron chi connectivity index (χ1n) is 10.9. The topological polar surface area (TPSA) is 17.1 Å². The molecule has 0 radical (unpaired) electrons. The maximum atomic E-state index is 12.3. The van der Waals surface area contributed by atoms with E-state index in [0.717, 1.165) is 36.0 Å². The van der Waals surface area contributed by atoms with E-state index in [1.165, 1.54) is 57.8 Å². The molecule has 0 heterocycles. The van der Waals surface area contributed by atoms with Crippen molar-refractivity contribution >= 4 is 5.78 Å². The normalized spacial score (nSPS) is 54.3. The number of hydrogen-bond acceptors (Lipinski definition) is 1. The van der Waals surface area contributed by atoms with Crippen LogP contribution in [0, 0.1) is 46.3 Å². The van der Waals surface area contributed by atoms with Crippen LogP contribution in [-0.4, -0.2) is 5.78 Å². The van der Waals surface area contributed by atoms with E-state index in [-0.39, 0.29) is 0 Å². The highest BCUT2D eigenvalue weighted by Crippen LogP contribution is 2.66. The summed E-state index contributed by atoms with van der Waals surface area (Å²) in [4.78, 5) is 12.3. The van der Waals surface area contributed by atoms with Crippen molar-refractivity contribution in [2.24, 2.45) is 46.3 Å². The van der Waals surface area contributed by atoms with Crippen LogP contribution in [0.3, 0.4) is 0 Å². The molecule has 4 aliphatic rings. The van der Waals surface area contributed by atoms with Crippen LogP contribution >= 0.6 is 0 Å². The lowest BCUT2D eigenvalue weighted by Gasteiger charge is -2.63.